The van der Waals surface area contributed by atoms with Gasteiger partial charge in [-0.25, -0.2) is 4.98 Å². The van der Waals surface area contributed by atoms with Crippen molar-refractivity contribution in [3.63, 3.8) is 0 Å². The summed E-state index contributed by atoms with van der Waals surface area (Å²) >= 11 is 0. The van der Waals surface area contributed by atoms with Gasteiger partial charge in [-0.15, -0.1) is 0 Å². The number of hydrogen-bond donors (Lipinski definition) is 1. The van der Waals surface area contributed by atoms with Gasteiger partial charge in [0.05, 0.1) is 24.7 Å². The maximum absolute atomic E-state index is 12.2. The predicted molar refractivity (Wildman–Crippen MR) is 89.4 cm³/mol. The Morgan fingerprint density at radius 1 is 1.29 bits per heavy atom. The fourth-order valence-corrected chi connectivity index (χ4v) is 3.03. The molecule has 0 saturated carbocycles. The zero-order chi connectivity index (χ0) is 16.5. The van der Waals surface area contributed by atoms with Gasteiger partial charge in [-0.3, -0.25) is 14.3 Å². The number of aromatic nitrogens is 3. The third kappa shape index (κ3) is 2.42. The molecule has 1 atom stereocenters. The first-order valence-electron chi connectivity index (χ1n) is 7.67. The summed E-state index contributed by atoms with van der Waals surface area (Å²) in [5, 5.41) is 2.94. The van der Waals surface area contributed by atoms with Crippen LogP contribution >= 0.6 is 0 Å². The van der Waals surface area contributed by atoms with E-state index in [0.717, 1.165) is 22.7 Å². The number of nitrogens with one attached hydrogen (secondary N) is 1. The van der Waals surface area contributed by atoms with Gasteiger partial charge in [-0.05, 0) is 29.8 Å². The molecule has 0 radical (unpaired) electrons. The van der Waals surface area contributed by atoms with Crippen molar-refractivity contribution >= 4 is 11.7 Å². The Balaban J connectivity index is 1.81. The molecule has 0 unspecified atom stereocenters. The Kier molecular flexibility index (Phi) is 3.49. The fourth-order valence-electron chi connectivity index (χ4n) is 3.03. The Labute approximate surface area is 139 Å². The zero-order valence-electron chi connectivity index (χ0n) is 13.1. The maximum atomic E-state index is 12.2. The monoisotopic (exact) mass is 320 g/mol. The normalized spacial score (nSPS) is 16.4. The number of rotatable bonds is 3. The third-order valence-corrected chi connectivity index (χ3v) is 4.19. The third-order valence-electron chi connectivity index (χ3n) is 4.19. The van der Waals surface area contributed by atoms with E-state index in [9.17, 15) is 4.79 Å². The van der Waals surface area contributed by atoms with Gasteiger partial charge in [0.2, 0.25) is 5.91 Å². The van der Waals surface area contributed by atoms with Crippen molar-refractivity contribution in [1.29, 1.82) is 0 Å². The molecule has 1 N–H and O–H groups in total. The van der Waals surface area contributed by atoms with E-state index in [4.69, 9.17) is 4.74 Å². The number of imidazole rings is 1. The molecule has 120 valence electrons. The second-order valence-electron chi connectivity index (χ2n) is 5.64. The lowest BCUT2D eigenvalue weighted by molar-refractivity contribution is -0.116. The molecule has 4 rings (SSSR count). The molecule has 1 amide bonds. The van der Waals surface area contributed by atoms with Gasteiger partial charge in [-0.2, -0.15) is 0 Å². The average Bonchev–Trinajstić information content (AvgIpc) is 3.05. The maximum Gasteiger partial charge on any atom is 0.226 e. The zero-order valence-corrected chi connectivity index (χ0v) is 13.1. The van der Waals surface area contributed by atoms with Crippen molar-refractivity contribution in [2.45, 2.75) is 12.3 Å². The summed E-state index contributed by atoms with van der Waals surface area (Å²) in [5.74, 6) is 1.35. The Bertz CT molecular complexity index is 889. The van der Waals surface area contributed by atoms with Crippen LogP contribution in [0.15, 0.2) is 55.1 Å². The van der Waals surface area contributed by atoms with Gasteiger partial charge in [-0.1, -0.05) is 12.1 Å². The molecule has 0 spiro atoms. The minimum absolute atomic E-state index is 0.0269. The van der Waals surface area contributed by atoms with Crippen LogP contribution in [0.2, 0.25) is 0 Å². The van der Waals surface area contributed by atoms with Crippen molar-refractivity contribution in [2.24, 2.45) is 0 Å². The highest BCUT2D eigenvalue weighted by Crippen LogP contribution is 2.38. The second-order valence-corrected chi connectivity index (χ2v) is 5.64. The highest BCUT2D eigenvalue weighted by atomic mass is 16.5. The van der Waals surface area contributed by atoms with Crippen LogP contribution in [-0.4, -0.2) is 27.6 Å². The van der Waals surface area contributed by atoms with Crippen molar-refractivity contribution in [3.05, 3.63) is 66.4 Å². The van der Waals surface area contributed by atoms with E-state index >= 15 is 0 Å². The SMILES string of the molecule is COc1cccc([C@H]2CC(=O)Nc3c2ncn3-c2cccnc2)c1. The van der Waals surface area contributed by atoms with Crippen LogP contribution in [0, 0.1) is 0 Å². The largest absolute Gasteiger partial charge is 0.497 e. The topological polar surface area (TPSA) is 69.0 Å². The lowest BCUT2D eigenvalue weighted by Gasteiger charge is -2.23. The molecule has 0 fully saturated rings. The van der Waals surface area contributed by atoms with E-state index in [2.05, 4.69) is 15.3 Å². The van der Waals surface area contributed by atoms with Gasteiger partial charge in [0.1, 0.15) is 17.9 Å². The molecule has 0 aliphatic carbocycles. The molecule has 3 aromatic rings. The summed E-state index contributed by atoms with van der Waals surface area (Å²) in [7, 11) is 1.63. The van der Waals surface area contributed by atoms with E-state index in [-0.39, 0.29) is 11.8 Å². The van der Waals surface area contributed by atoms with E-state index in [1.54, 1.807) is 25.8 Å². The molecule has 6 nitrogen and oxygen atoms in total. The van der Waals surface area contributed by atoms with Gasteiger partial charge in [0.25, 0.3) is 0 Å². The number of ether oxygens (including phenoxy) is 1. The number of carbonyl (C=O) groups is 1. The number of carbonyl (C=O) groups excluding carboxylic acids is 1. The highest BCUT2D eigenvalue weighted by Gasteiger charge is 2.31. The average molecular weight is 320 g/mol. The number of nitrogens with zero attached hydrogens (tertiary/aromatic N) is 3. The first kappa shape index (κ1) is 14.4. The van der Waals surface area contributed by atoms with Crippen molar-refractivity contribution in [2.75, 3.05) is 12.4 Å². The van der Waals surface area contributed by atoms with E-state index < -0.39 is 0 Å². The van der Waals surface area contributed by atoms with Gasteiger partial charge >= 0.3 is 0 Å². The highest BCUT2D eigenvalue weighted by molar-refractivity contribution is 5.94. The molecule has 1 aromatic carbocycles. The smallest absolute Gasteiger partial charge is 0.226 e. The number of hydrogen-bond acceptors (Lipinski definition) is 4. The summed E-state index contributed by atoms with van der Waals surface area (Å²) < 4.78 is 7.15. The number of benzene rings is 1. The molecule has 0 saturated heterocycles. The van der Waals surface area contributed by atoms with Crippen LogP contribution < -0.4 is 10.1 Å². The molecule has 2 aromatic heterocycles. The Morgan fingerprint density at radius 3 is 3.00 bits per heavy atom. The Morgan fingerprint density at radius 2 is 2.21 bits per heavy atom. The first-order chi connectivity index (χ1) is 11.8. The molecule has 6 heteroatoms. The summed E-state index contributed by atoms with van der Waals surface area (Å²) in [6.07, 6.45) is 5.54. The summed E-state index contributed by atoms with van der Waals surface area (Å²) in [6.45, 7) is 0. The van der Waals surface area contributed by atoms with Crippen LogP contribution in [0.1, 0.15) is 23.6 Å². The Hall–Kier alpha value is -3.15. The number of anilines is 1. The first-order valence-corrected chi connectivity index (χ1v) is 7.67. The molecule has 3 heterocycles. The molecular formula is C18H16N4O2. The lowest BCUT2D eigenvalue weighted by Crippen LogP contribution is -2.24. The van der Waals surface area contributed by atoms with Gasteiger partial charge < -0.3 is 10.1 Å². The van der Waals surface area contributed by atoms with Gasteiger partial charge in [0, 0.05) is 18.5 Å². The quantitative estimate of drug-likeness (QED) is 0.805. The van der Waals surface area contributed by atoms with E-state index in [0.29, 0.717) is 12.2 Å². The summed E-state index contributed by atoms with van der Waals surface area (Å²) in [6, 6.07) is 11.6. The van der Waals surface area contributed by atoms with Gasteiger partial charge in [0.15, 0.2) is 0 Å². The number of fused-ring (bicyclic) bond motifs is 1. The minimum Gasteiger partial charge on any atom is -0.497 e. The van der Waals surface area contributed by atoms with E-state index in [1.807, 2.05) is 41.0 Å². The predicted octanol–water partition coefficient (Wildman–Crippen LogP) is 2.75. The summed E-state index contributed by atoms with van der Waals surface area (Å²) in [5.41, 5.74) is 2.73. The lowest BCUT2D eigenvalue weighted by atomic mass is 9.89. The fraction of sp³-hybridized carbons (Fsp3) is 0.167. The van der Waals surface area contributed by atoms with Crippen LogP contribution in [0.5, 0.6) is 5.75 Å². The molecule has 1 aliphatic rings. The molecule has 0 bridgehead atoms. The van der Waals surface area contributed by atoms with Crippen LogP contribution in [-0.2, 0) is 4.79 Å². The standard InChI is InChI=1S/C18H16N4O2/c1-24-14-6-2-4-12(8-14)15-9-16(23)21-18-17(15)20-11-22(18)13-5-3-7-19-10-13/h2-8,10-11,15H,9H2,1H3,(H,21,23)/t15-/m1/s1. The van der Waals surface area contributed by atoms with Crippen molar-refractivity contribution in [3.8, 4) is 11.4 Å². The van der Waals surface area contributed by atoms with E-state index in [1.165, 1.54) is 0 Å². The number of pyridine rings is 1. The second kappa shape index (κ2) is 5.81. The molecule has 1 aliphatic heterocycles. The van der Waals surface area contributed by atoms with Crippen molar-refractivity contribution < 1.29 is 9.53 Å². The molecule has 24 heavy (non-hydrogen) atoms. The summed E-state index contributed by atoms with van der Waals surface area (Å²) in [4.78, 5) is 20.9. The van der Waals surface area contributed by atoms with Crippen molar-refractivity contribution in [1.82, 2.24) is 14.5 Å². The van der Waals surface area contributed by atoms with Crippen LogP contribution in [0.25, 0.3) is 5.69 Å². The molecular weight excluding hydrogens is 304 g/mol. The number of amides is 1. The number of methoxy groups -OCH3 is 1. The van der Waals surface area contributed by atoms with Crippen LogP contribution in [0.4, 0.5) is 5.82 Å². The minimum atomic E-state index is -0.0956. The van der Waals surface area contributed by atoms with Crippen LogP contribution in [0.3, 0.4) is 0 Å².